The Labute approximate surface area is 120 Å². The van der Waals surface area contributed by atoms with Crippen LogP contribution < -0.4 is 5.32 Å². The van der Waals surface area contributed by atoms with Crippen LogP contribution in [0, 0.1) is 18.3 Å². The molecule has 1 N–H and O–H groups in total. The number of rotatable bonds is 3. The zero-order valence-electron chi connectivity index (χ0n) is 11.6. The predicted octanol–water partition coefficient (Wildman–Crippen LogP) is 4.22. The lowest BCUT2D eigenvalue weighted by Crippen LogP contribution is -2.33. The van der Waals surface area contributed by atoms with Crippen LogP contribution in [0.15, 0.2) is 48.5 Å². The molecule has 1 saturated carbocycles. The molecule has 3 rings (SSSR count). The summed E-state index contributed by atoms with van der Waals surface area (Å²) in [5.74, 6) is 0.687. The van der Waals surface area contributed by atoms with E-state index in [1.54, 1.807) is 0 Å². The first kappa shape index (κ1) is 12.7. The molecule has 1 aliphatic carbocycles. The van der Waals surface area contributed by atoms with Crippen LogP contribution in [-0.2, 0) is 0 Å². The summed E-state index contributed by atoms with van der Waals surface area (Å²) in [4.78, 5) is 0. The highest BCUT2D eigenvalue weighted by Crippen LogP contribution is 2.38. The lowest BCUT2D eigenvalue weighted by molar-refractivity contribution is 0.374. The van der Waals surface area contributed by atoms with Gasteiger partial charge < -0.3 is 5.32 Å². The van der Waals surface area contributed by atoms with Gasteiger partial charge in [0.15, 0.2) is 0 Å². The highest BCUT2D eigenvalue weighted by Gasteiger charge is 2.29. The van der Waals surface area contributed by atoms with Crippen molar-refractivity contribution in [2.24, 2.45) is 0 Å². The fourth-order valence-electron chi connectivity index (χ4n) is 2.72. The van der Waals surface area contributed by atoms with Gasteiger partial charge in [-0.25, -0.2) is 0 Å². The van der Waals surface area contributed by atoms with Gasteiger partial charge in [0.25, 0.3) is 0 Å². The van der Waals surface area contributed by atoms with Crippen molar-refractivity contribution >= 4 is 5.69 Å². The standard InChI is InChI=1S/C18H18N2/c1-13-2-6-15(7-3-13)16-10-18(11-16)20-17-8-4-14(12-19)5-9-17/h2-9,16,18,20H,10-11H2,1H3. The Bertz CT molecular complexity index is 614. The number of aryl methyl sites for hydroxylation is 1. The number of nitriles is 1. The topological polar surface area (TPSA) is 35.8 Å². The van der Waals surface area contributed by atoms with E-state index < -0.39 is 0 Å². The smallest absolute Gasteiger partial charge is 0.0991 e. The first-order chi connectivity index (χ1) is 9.74. The van der Waals surface area contributed by atoms with Crippen molar-refractivity contribution in [3.05, 3.63) is 65.2 Å². The molecule has 2 aromatic carbocycles. The average Bonchev–Trinajstić information content (AvgIpc) is 2.44. The van der Waals surface area contributed by atoms with E-state index in [4.69, 9.17) is 5.26 Å². The monoisotopic (exact) mass is 262 g/mol. The molecule has 2 heteroatoms. The molecule has 0 aromatic heterocycles. The summed E-state index contributed by atoms with van der Waals surface area (Å²) >= 11 is 0. The molecule has 0 atom stereocenters. The van der Waals surface area contributed by atoms with Crippen LogP contribution in [-0.4, -0.2) is 6.04 Å². The van der Waals surface area contributed by atoms with Crippen molar-refractivity contribution in [2.75, 3.05) is 5.32 Å². The Morgan fingerprint density at radius 3 is 2.25 bits per heavy atom. The van der Waals surface area contributed by atoms with Gasteiger partial charge in [0, 0.05) is 11.7 Å². The number of benzene rings is 2. The number of anilines is 1. The summed E-state index contributed by atoms with van der Waals surface area (Å²) in [5.41, 5.74) is 4.59. The number of hydrogen-bond donors (Lipinski definition) is 1. The Morgan fingerprint density at radius 2 is 1.65 bits per heavy atom. The second kappa shape index (κ2) is 5.38. The highest BCUT2D eigenvalue weighted by molar-refractivity contribution is 5.48. The van der Waals surface area contributed by atoms with E-state index >= 15 is 0 Å². The van der Waals surface area contributed by atoms with Gasteiger partial charge in [0.05, 0.1) is 11.6 Å². The fourth-order valence-corrected chi connectivity index (χ4v) is 2.72. The van der Waals surface area contributed by atoms with Gasteiger partial charge in [0.1, 0.15) is 0 Å². The van der Waals surface area contributed by atoms with Crippen molar-refractivity contribution < 1.29 is 0 Å². The zero-order valence-corrected chi connectivity index (χ0v) is 11.6. The minimum atomic E-state index is 0.550. The Balaban J connectivity index is 1.55. The van der Waals surface area contributed by atoms with Gasteiger partial charge in [-0.05, 0) is 55.5 Å². The van der Waals surface area contributed by atoms with E-state index in [0.717, 1.165) is 5.69 Å². The third-order valence-corrected chi connectivity index (χ3v) is 4.07. The maximum Gasteiger partial charge on any atom is 0.0991 e. The van der Waals surface area contributed by atoms with Gasteiger partial charge in [-0.1, -0.05) is 29.8 Å². The Hall–Kier alpha value is -2.27. The first-order valence-electron chi connectivity index (χ1n) is 7.08. The molecule has 20 heavy (non-hydrogen) atoms. The van der Waals surface area contributed by atoms with Crippen LogP contribution in [0.5, 0.6) is 0 Å². The van der Waals surface area contributed by atoms with Crippen LogP contribution in [0.2, 0.25) is 0 Å². The number of hydrogen-bond acceptors (Lipinski definition) is 2. The molecule has 2 aromatic rings. The first-order valence-corrected chi connectivity index (χ1v) is 7.08. The molecule has 2 nitrogen and oxygen atoms in total. The van der Waals surface area contributed by atoms with Crippen LogP contribution in [0.25, 0.3) is 0 Å². The Morgan fingerprint density at radius 1 is 1.00 bits per heavy atom. The van der Waals surface area contributed by atoms with Gasteiger partial charge in [-0.3, -0.25) is 0 Å². The fraction of sp³-hybridized carbons (Fsp3) is 0.278. The summed E-state index contributed by atoms with van der Waals surface area (Å²) in [5, 5.41) is 12.3. The van der Waals surface area contributed by atoms with Crippen molar-refractivity contribution in [2.45, 2.75) is 31.7 Å². The molecule has 100 valence electrons. The van der Waals surface area contributed by atoms with Gasteiger partial charge in [0.2, 0.25) is 0 Å². The van der Waals surface area contributed by atoms with E-state index in [2.05, 4.69) is 42.6 Å². The van der Waals surface area contributed by atoms with Crippen LogP contribution in [0.3, 0.4) is 0 Å². The molecular weight excluding hydrogens is 244 g/mol. The van der Waals surface area contributed by atoms with E-state index in [-0.39, 0.29) is 0 Å². The molecular formula is C18H18N2. The molecule has 0 aliphatic heterocycles. The van der Waals surface area contributed by atoms with Crippen LogP contribution in [0.4, 0.5) is 5.69 Å². The summed E-state index contributed by atoms with van der Waals surface area (Å²) in [6.07, 6.45) is 2.37. The third kappa shape index (κ3) is 2.67. The van der Waals surface area contributed by atoms with E-state index in [0.29, 0.717) is 17.5 Å². The van der Waals surface area contributed by atoms with E-state index in [1.807, 2.05) is 24.3 Å². The average molecular weight is 262 g/mol. The maximum absolute atomic E-state index is 8.78. The Kier molecular flexibility index (Phi) is 3.43. The predicted molar refractivity (Wildman–Crippen MR) is 81.7 cm³/mol. The largest absolute Gasteiger partial charge is 0.382 e. The molecule has 0 radical (unpaired) electrons. The van der Waals surface area contributed by atoms with Crippen LogP contribution >= 0.6 is 0 Å². The van der Waals surface area contributed by atoms with Crippen molar-refractivity contribution in [3.63, 3.8) is 0 Å². The minimum Gasteiger partial charge on any atom is -0.382 e. The van der Waals surface area contributed by atoms with Gasteiger partial charge in [-0.15, -0.1) is 0 Å². The molecule has 0 bridgehead atoms. The quantitative estimate of drug-likeness (QED) is 0.898. The summed E-state index contributed by atoms with van der Waals surface area (Å²) < 4.78 is 0. The molecule has 1 fully saturated rings. The number of nitrogens with zero attached hydrogens (tertiary/aromatic N) is 1. The molecule has 0 spiro atoms. The summed E-state index contributed by atoms with van der Waals surface area (Å²) in [6.45, 7) is 2.12. The van der Waals surface area contributed by atoms with Crippen LogP contribution in [0.1, 0.15) is 35.4 Å². The van der Waals surface area contributed by atoms with Crippen molar-refractivity contribution in [1.82, 2.24) is 0 Å². The second-order valence-electron chi connectivity index (χ2n) is 5.61. The SMILES string of the molecule is Cc1ccc(C2CC(Nc3ccc(C#N)cc3)C2)cc1. The zero-order chi connectivity index (χ0) is 13.9. The molecule has 0 amide bonds. The maximum atomic E-state index is 8.78. The molecule has 0 heterocycles. The third-order valence-electron chi connectivity index (χ3n) is 4.07. The van der Waals surface area contributed by atoms with Crippen molar-refractivity contribution in [3.8, 4) is 6.07 Å². The summed E-state index contributed by atoms with van der Waals surface area (Å²) in [7, 11) is 0. The van der Waals surface area contributed by atoms with Gasteiger partial charge in [-0.2, -0.15) is 5.26 Å². The van der Waals surface area contributed by atoms with E-state index in [9.17, 15) is 0 Å². The summed E-state index contributed by atoms with van der Waals surface area (Å²) in [6, 6.07) is 19.3. The lowest BCUT2D eigenvalue weighted by atomic mass is 9.75. The molecule has 0 unspecified atom stereocenters. The molecule has 0 saturated heterocycles. The number of nitrogens with one attached hydrogen (secondary N) is 1. The highest BCUT2D eigenvalue weighted by atomic mass is 14.9. The van der Waals surface area contributed by atoms with Gasteiger partial charge >= 0.3 is 0 Å². The lowest BCUT2D eigenvalue weighted by Gasteiger charge is -2.37. The second-order valence-corrected chi connectivity index (χ2v) is 5.61. The molecule has 1 aliphatic rings. The minimum absolute atomic E-state index is 0.550. The van der Waals surface area contributed by atoms with Crippen molar-refractivity contribution in [1.29, 1.82) is 5.26 Å². The van der Waals surface area contributed by atoms with E-state index in [1.165, 1.54) is 24.0 Å². The normalized spacial score (nSPS) is 20.8.